The number of hydrogen-bond acceptors (Lipinski definition) is 2. The van der Waals surface area contributed by atoms with Gasteiger partial charge in [0.15, 0.2) is 0 Å². The van der Waals surface area contributed by atoms with Crippen LogP contribution in [-0.4, -0.2) is 0 Å². The minimum absolute atomic E-state index is 1.01. The number of thiophene rings is 1. The van der Waals surface area contributed by atoms with Crippen LogP contribution in [-0.2, 0) is 6.42 Å². The molecule has 0 fully saturated rings. The molecule has 0 atom stereocenters. The Kier molecular flexibility index (Phi) is 3.27. The molecule has 2 N–H and O–H groups in total. The van der Waals surface area contributed by atoms with Gasteiger partial charge in [-0.2, -0.15) is 0 Å². The summed E-state index contributed by atoms with van der Waals surface area (Å²) in [5.74, 6) is 0. The van der Waals surface area contributed by atoms with Crippen molar-refractivity contribution in [1.82, 2.24) is 0 Å². The normalized spacial score (nSPS) is 11.0. The van der Waals surface area contributed by atoms with Gasteiger partial charge in [-0.1, -0.05) is 38.0 Å². The Morgan fingerprint density at radius 3 is 2.73 bits per heavy atom. The van der Waals surface area contributed by atoms with E-state index in [-0.39, 0.29) is 0 Å². The molecule has 0 aliphatic carbocycles. The van der Waals surface area contributed by atoms with Crippen LogP contribution in [0.3, 0.4) is 0 Å². The lowest BCUT2D eigenvalue weighted by molar-refractivity contribution is 0.723. The number of benzene rings is 1. The van der Waals surface area contributed by atoms with Crippen molar-refractivity contribution >= 4 is 27.1 Å². The summed E-state index contributed by atoms with van der Waals surface area (Å²) in [5, 5.41) is 1.23. The highest BCUT2D eigenvalue weighted by atomic mass is 32.1. The molecule has 80 valence electrons. The second-order valence-corrected chi connectivity index (χ2v) is 5.03. The van der Waals surface area contributed by atoms with Gasteiger partial charge in [0, 0.05) is 15.0 Å². The summed E-state index contributed by atoms with van der Waals surface area (Å²) >= 11 is 1.85. The van der Waals surface area contributed by atoms with Crippen LogP contribution in [0.15, 0.2) is 24.3 Å². The van der Waals surface area contributed by atoms with E-state index >= 15 is 0 Å². The van der Waals surface area contributed by atoms with Gasteiger partial charge in [0.05, 0.1) is 5.69 Å². The molecule has 1 heterocycles. The van der Waals surface area contributed by atoms with E-state index in [4.69, 9.17) is 5.73 Å². The van der Waals surface area contributed by atoms with Crippen LogP contribution >= 0.6 is 11.3 Å². The number of aryl methyl sites for hydroxylation is 1. The van der Waals surface area contributed by atoms with Crippen LogP contribution in [0.1, 0.15) is 31.1 Å². The lowest BCUT2D eigenvalue weighted by atomic mass is 10.1. The first-order chi connectivity index (χ1) is 7.33. The molecule has 0 aliphatic rings. The number of fused-ring (bicyclic) bond motifs is 1. The zero-order valence-electron chi connectivity index (χ0n) is 9.12. The zero-order valence-corrected chi connectivity index (χ0v) is 9.94. The second-order valence-electron chi connectivity index (χ2n) is 3.89. The van der Waals surface area contributed by atoms with Crippen molar-refractivity contribution in [2.75, 3.05) is 5.73 Å². The van der Waals surface area contributed by atoms with Crippen molar-refractivity contribution in [3.05, 3.63) is 29.1 Å². The lowest BCUT2D eigenvalue weighted by Gasteiger charge is -1.98. The average Bonchev–Trinajstić information content (AvgIpc) is 2.57. The fourth-order valence-electron chi connectivity index (χ4n) is 1.84. The molecule has 1 aromatic carbocycles. The van der Waals surface area contributed by atoms with E-state index in [0.29, 0.717) is 0 Å². The molecule has 0 amide bonds. The Hall–Kier alpha value is -1.02. The van der Waals surface area contributed by atoms with Gasteiger partial charge in [-0.25, -0.2) is 0 Å². The molecule has 0 aliphatic heterocycles. The third-order valence-electron chi connectivity index (χ3n) is 2.72. The fraction of sp³-hybridized carbons (Fsp3) is 0.385. The first-order valence-corrected chi connectivity index (χ1v) is 6.40. The number of nitrogens with two attached hydrogens (primary N) is 1. The molecule has 0 saturated heterocycles. The minimum atomic E-state index is 1.01. The predicted octanol–water partition coefficient (Wildman–Crippen LogP) is 4.22. The maximum absolute atomic E-state index is 6.13. The minimum Gasteiger partial charge on any atom is -0.397 e. The molecule has 15 heavy (non-hydrogen) atoms. The van der Waals surface area contributed by atoms with Gasteiger partial charge in [-0.3, -0.25) is 0 Å². The molecular weight excluding hydrogens is 202 g/mol. The summed E-state index contributed by atoms with van der Waals surface area (Å²) in [6.45, 7) is 2.23. The topological polar surface area (TPSA) is 26.0 Å². The van der Waals surface area contributed by atoms with Crippen molar-refractivity contribution in [3.63, 3.8) is 0 Å². The molecule has 2 rings (SSSR count). The smallest absolute Gasteiger partial charge is 0.0535 e. The van der Waals surface area contributed by atoms with Crippen molar-refractivity contribution in [2.24, 2.45) is 0 Å². The standard InChI is InChI=1S/C13H17NS/c1-2-3-4-9-12-13(14)10-7-5-6-8-11(10)15-12/h5-8H,2-4,9,14H2,1H3. The highest BCUT2D eigenvalue weighted by Gasteiger charge is 2.07. The Morgan fingerprint density at radius 1 is 1.20 bits per heavy atom. The third-order valence-corrected chi connectivity index (χ3v) is 3.96. The SMILES string of the molecule is CCCCCc1sc2ccccc2c1N. The van der Waals surface area contributed by atoms with Crippen molar-refractivity contribution in [3.8, 4) is 0 Å². The molecule has 0 radical (unpaired) electrons. The number of hydrogen-bond donors (Lipinski definition) is 1. The summed E-state index contributed by atoms with van der Waals surface area (Å²) in [5.41, 5.74) is 7.14. The average molecular weight is 219 g/mol. The van der Waals surface area contributed by atoms with Gasteiger partial charge >= 0.3 is 0 Å². The maximum Gasteiger partial charge on any atom is 0.0535 e. The monoisotopic (exact) mass is 219 g/mol. The van der Waals surface area contributed by atoms with Gasteiger partial charge in [0.1, 0.15) is 0 Å². The third kappa shape index (κ3) is 2.15. The number of anilines is 1. The van der Waals surface area contributed by atoms with Gasteiger partial charge in [0.25, 0.3) is 0 Å². The van der Waals surface area contributed by atoms with Crippen molar-refractivity contribution in [2.45, 2.75) is 32.6 Å². The highest BCUT2D eigenvalue weighted by molar-refractivity contribution is 7.19. The number of nitrogen functional groups attached to an aromatic ring is 1. The molecule has 0 unspecified atom stereocenters. The molecule has 1 aromatic heterocycles. The largest absolute Gasteiger partial charge is 0.397 e. The Morgan fingerprint density at radius 2 is 2.00 bits per heavy atom. The highest BCUT2D eigenvalue weighted by Crippen LogP contribution is 2.34. The van der Waals surface area contributed by atoms with Crippen LogP contribution in [0.2, 0.25) is 0 Å². The predicted molar refractivity (Wildman–Crippen MR) is 69.5 cm³/mol. The second kappa shape index (κ2) is 4.67. The van der Waals surface area contributed by atoms with Gasteiger partial charge in [-0.05, 0) is 18.9 Å². The quantitative estimate of drug-likeness (QED) is 0.766. The van der Waals surface area contributed by atoms with E-state index in [0.717, 1.165) is 12.1 Å². The first-order valence-electron chi connectivity index (χ1n) is 5.58. The number of rotatable bonds is 4. The zero-order chi connectivity index (χ0) is 10.7. The van der Waals surface area contributed by atoms with Crippen LogP contribution in [0.4, 0.5) is 5.69 Å². The summed E-state index contributed by atoms with van der Waals surface area (Å²) in [7, 11) is 0. The van der Waals surface area contributed by atoms with Crippen molar-refractivity contribution in [1.29, 1.82) is 0 Å². The summed E-state index contributed by atoms with van der Waals surface area (Å²) in [6.07, 6.45) is 4.96. The Bertz CT molecular complexity index is 445. The van der Waals surface area contributed by atoms with E-state index in [1.165, 1.54) is 34.2 Å². The van der Waals surface area contributed by atoms with Gasteiger partial charge < -0.3 is 5.73 Å². The molecule has 0 bridgehead atoms. The Balaban J connectivity index is 2.24. The van der Waals surface area contributed by atoms with Crippen LogP contribution in [0.5, 0.6) is 0 Å². The number of unbranched alkanes of at least 4 members (excludes halogenated alkanes) is 2. The molecule has 2 heteroatoms. The fourth-order valence-corrected chi connectivity index (χ4v) is 3.00. The lowest BCUT2D eigenvalue weighted by Crippen LogP contribution is -1.89. The first kappa shape index (κ1) is 10.5. The van der Waals surface area contributed by atoms with Crippen molar-refractivity contribution < 1.29 is 0 Å². The van der Waals surface area contributed by atoms with E-state index < -0.39 is 0 Å². The van der Waals surface area contributed by atoms with Crippen LogP contribution in [0.25, 0.3) is 10.1 Å². The van der Waals surface area contributed by atoms with Crippen LogP contribution in [0, 0.1) is 0 Å². The Labute approximate surface area is 94.9 Å². The summed E-state index contributed by atoms with van der Waals surface area (Å²) in [4.78, 5) is 1.37. The molecular formula is C13H17NS. The molecule has 1 nitrogen and oxygen atoms in total. The summed E-state index contributed by atoms with van der Waals surface area (Å²) in [6, 6.07) is 8.40. The van der Waals surface area contributed by atoms with Gasteiger partial charge in [0.2, 0.25) is 0 Å². The molecule has 0 saturated carbocycles. The summed E-state index contributed by atoms with van der Waals surface area (Å²) < 4.78 is 1.32. The van der Waals surface area contributed by atoms with E-state index in [1.807, 2.05) is 11.3 Å². The van der Waals surface area contributed by atoms with E-state index in [1.54, 1.807) is 0 Å². The molecule has 2 aromatic rings. The van der Waals surface area contributed by atoms with Crippen LogP contribution < -0.4 is 5.73 Å². The van der Waals surface area contributed by atoms with E-state index in [9.17, 15) is 0 Å². The van der Waals surface area contributed by atoms with Gasteiger partial charge in [-0.15, -0.1) is 11.3 Å². The maximum atomic E-state index is 6.13. The van der Waals surface area contributed by atoms with E-state index in [2.05, 4.69) is 31.2 Å². The molecule has 0 spiro atoms.